The van der Waals surface area contributed by atoms with Gasteiger partial charge in [-0.15, -0.1) is 0 Å². The highest BCUT2D eigenvalue weighted by Crippen LogP contribution is 2.29. The lowest BCUT2D eigenvalue weighted by Gasteiger charge is -2.34. The molecule has 2 rings (SSSR count). The Labute approximate surface area is 90.3 Å². The lowest BCUT2D eigenvalue weighted by atomic mass is 10.3. The molecule has 0 unspecified atom stereocenters. The largest absolute Gasteiger partial charge is 0.341 e. The second-order valence-corrected chi connectivity index (χ2v) is 4.34. The molecule has 0 spiro atoms. The Morgan fingerprint density at radius 2 is 2.00 bits per heavy atom. The number of carbonyl (C=O) groups excluding carboxylic acids is 1. The molecule has 0 aromatic rings. The molecule has 1 N–H and O–H groups in total. The summed E-state index contributed by atoms with van der Waals surface area (Å²) in [5, 5.41) is 0. The van der Waals surface area contributed by atoms with Gasteiger partial charge in [-0.05, 0) is 18.8 Å². The third kappa shape index (κ3) is 3.07. The van der Waals surface area contributed by atoms with Crippen LogP contribution in [0.2, 0.25) is 0 Å². The van der Waals surface area contributed by atoms with Crippen LogP contribution < -0.4 is 5.48 Å². The number of nitrogens with one attached hydrogen (secondary N) is 1. The van der Waals surface area contributed by atoms with Crippen LogP contribution in [0.4, 0.5) is 4.79 Å². The van der Waals surface area contributed by atoms with Crippen LogP contribution in [-0.2, 0) is 4.84 Å². The molecule has 1 aliphatic carbocycles. The van der Waals surface area contributed by atoms with Crippen molar-refractivity contribution in [3.05, 3.63) is 0 Å². The van der Waals surface area contributed by atoms with Gasteiger partial charge in [-0.1, -0.05) is 0 Å². The Morgan fingerprint density at radius 3 is 2.53 bits per heavy atom. The van der Waals surface area contributed by atoms with Crippen LogP contribution in [0.5, 0.6) is 0 Å². The predicted octanol–water partition coefficient (Wildman–Crippen LogP) is 0.285. The SMILES string of the molecule is CONC(=O)N1CCN(CC2CC2)CC1. The minimum Gasteiger partial charge on any atom is -0.320 e. The van der Waals surface area contributed by atoms with Crippen molar-refractivity contribution < 1.29 is 9.63 Å². The summed E-state index contributed by atoms with van der Waals surface area (Å²) in [7, 11) is 1.46. The summed E-state index contributed by atoms with van der Waals surface area (Å²) >= 11 is 0. The van der Waals surface area contributed by atoms with E-state index in [1.165, 1.54) is 26.5 Å². The monoisotopic (exact) mass is 213 g/mol. The van der Waals surface area contributed by atoms with E-state index in [4.69, 9.17) is 0 Å². The molecule has 0 aromatic carbocycles. The van der Waals surface area contributed by atoms with E-state index < -0.39 is 0 Å². The molecule has 1 heterocycles. The van der Waals surface area contributed by atoms with E-state index in [0.29, 0.717) is 0 Å². The highest BCUT2D eigenvalue weighted by Gasteiger charge is 2.27. The van der Waals surface area contributed by atoms with E-state index >= 15 is 0 Å². The molecule has 0 atom stereocenters. The number of nitrogens with zero attached hydrogens (tertiary/aromatic N) is 2. The van der Waals surface area contributed by atoms with Crippen LogP contribution in [0.3, 0.4) is 0 Å². The first-order valence-electron chi connectivity index (χ1n) is 5.60. The quantitative estimate of drug-likeness (QED) is 0.685. The van der Waals surface area contributed by atoms with Gasteiger partial charge in [0.05, 0.1) is 7.11 Å². The van der Waals surface area contributed by atoms with Gasteiger partial charge in [-0.25, -0.2) is 10.3 Å². The van der Waals surface area contributed by atoms with Crippen LogP contribution >= 0.6 is 0 Å². The number of hydroxylamine groups is 1. The third-order valence-corrected chi connectivity index (χ3v) is 3.06. The predicted molar refractivity (Wildman–Crippen MR) is 56.3 cm³/mol. The first kappa shape index (κ1) is 10.7. The Kier molecular flexibility index (Phi) is 3.43. The number of hydrogen-bond donors (Lipinski definition) is 1. The van der Waals surface area contributed by atoms with Crippen LogP contribution in [0.25, 0.3) is 0 Å². The zero-order valence-corrected chi connectivity index (χ0v) is 9.24. The highest BCUT2D eigenvalue weighted by atomic mass is 16.6. The van der Waals surface area contributed by atoms with Gasteiger partial charge in [0.2, 0.25) is 0 Å². The molecule has 2 amide bonds. The molecule has 0 aromatic heterocycles. The van der Waals surface area contributed by atoms with Gasteiger partial charge in [0.15, 0.2) is 0 Å². The molecule has 15 heavy (non-hydrogen) atoms. The Morgan fingerprint density at radius 1 is 1.33 bits per heavy atom. The van der Waals surface area contributed by atoms with Crippen LogP contribution in [-0.4, -0.2) is 55.7 Å². The number of piperazine rings is 1. The van der Waals surface area contributed by atoms with E-state index in [9.17, 15) is 4.79 Å². The molecule has 1 aliphatic heterocycles. The van der Waals surface area contributed by atoms with E-state index in [2.05, 4.69) is 15.2 Å². The Hall–Kier alpha value is -0.810. The average molecular weight is 213 g/mol. The standard InChI is InChI=1S/C10H19N3O2/c1-15-11-10(14)13-6-4-12(5-7-13)8-9-2-3-9/h9H,2-8H2,1H3,(H,11,14). The maximum absolute atomic E-state index is 11.4. The van der Waals surface area contributed by atoms with Gasteiger partial charge in [-0.2, -0.15) is 0 Å². The normalized spacial score (nSPS) is 22.9. The maximum Gasteiger partial charge on any atom is 0.341 e. The summed E-state index contributed by atoms with van der Waals surface area (Å²) in [5.74, 6) is 0.935. The van der Waals surface area contributed by atoms with E-state index in [1.807, 2.05) is 0 Å². The molecule has 5 heteroatoms. The summed E-state index contributed by atoms with van der Waals surface area (Å²) in [6, 6.07) is -0.122. The zero-order chi connectivity index (χ0) is 10.7. The van der Waals surface area contributed by atoms with Crippen molar-refractivity contribution in [1.82, 2.24) is 15.3 Å². The fraction of sp³-hybridized carbons (Fsp3) is 0.900. The maximum atomic E-state index is 11.4. The van der Waals surface area contributed by atoms with Crippen molar-refractivity contribution in [3.8, 4) is 0 Å². The van der Waals surface area contributed by atoms with E-state index in [-0.39, 0.29) is 6.03 Å². The smallest absolute Gasteiger partial charge is 0.320 e. The average Bonchev–Trinajstić information content (AvgIpc) is 3.03. The van der Waals surface area contributed by atoms with Crippen LogP contribution in [0, 0.1) is 5.92 Å². The van der Waals surface area contributed by atoms with Gasteiger partial charge in [0, 0.05) is 32.7 Å². The van der Waals surface area contributed by atoms with Crippen molar-refractivity contribution in [2.24, 2.45) is 5.92 Å². The third-order valence-electron chi connectivity index (χ3n) is 3.06. The van der Waals surface area contributed by atoms with Gasteiger partial charge in [-0.3, -0.25) is 9.74 Å². The molecular weight excluding hydrogens is 194 g/mol. The van der Waals surface area contributed by atoms with Gasteiger partial charge in [0.25, 0.3) is 0 Å². The topological polar surface area (TPSA) is 44.8 Å². The van der Waals surface area contributed by atoms with Crippen molar-refractivity contribution in [1.29, 1.82) is 0 Å². The molecule has 0 bridgehead atoms. The summed E-state index contributed by atoms with van der Waals surface area (Å²) in [6.45, 7) is 4.82. The van der Waals surface area contributed by atoms with Gasteiger partial charge in [0.1, 0.15) is 0 Å². The molecule has 2 aliphatic rings. The van der Waals surface area contributed by atoms with Crippen LogP contribution in [0.1, 0.15) is 12.8 Å². The summed E-state index contributed by atoms with van der Waals surface area (Å²) < 4.78 is 0. The fourth-order valence-electron chi connectivity index (χ4n) is 1.95. The van der Waals surface area contributed by atoms with Crippen molar-refractivity contribution in [3.63, 3.8) is 0 Å². The Bertz CT molecular complexity index is 223. The molecule has 1 saturated heterocycles. The van der Waals surface area contributed by atoms with Crippen molar-refractivity contribution in [2.45, 2.75) is 12.8 Å². The molecule has 0 radical (unpaired) electrons. The number of hydrogen-bond acceptors (Lipinski definition) is 3. The number of carbonyl (C=O) groups is 1. The second-order valence-electron chi connectivity index (χ2n) is 4.34. The lowest BCUT2D eigenvalue weighted by Crippen LogP contribution is -2.51. The van der Waals surface area contributed by atoms with Crippen molar-refractivity contribution in [2.75, 3.05) is 39.8 Å². The molecule has 2 fully saturated rings. The minimum atomic E-state index is -0.122. The summed E-state index contributed by atoms with van der Waals surface area (Å²) in [6.07, 6.45) is 2.79. The summed E-state index contributed by atoms with van der Waals surface area (Å²) in [5.41, 5.74) is 2.35. The van der Waals surface area contributed by atoms with Gasteiger partial charge >= 0.3 is 6.03 Å². The number of amides is 2. The molecular formula is C10H19N3O2. The molecule has 86 valence electrons. The van der Waals surface area contributed by atoms with Crippen LogP contribution in [0.15, 0.2) is 0 Å². The van der Waals surface area contributed by atoms with Gasteiger partial charge < -0.3 is 4.90 Å². The molecule has 5 nitrogen and oxygen atoms in total. The van der Waals surface area contributed by atoms with Crippen molar-refractivity contribution >= 4 is 6.03 Å². The minimum absolute atomic E-state index is 0.122. The number of urea groups is 1. The first-order valence-corrected chi connectivity index (χ1v) is 5.60. The molecule has 1 saturated carbocycles. The number of rotatable bonds is 3. The Balaban J connectivity index is 1.68. The first-order chi connectivity index (χ1) is 7.29. The highest BCUT2D eigenvalue weighted by molar-refractivity contribution is 5.73. The van der Waals surface area contributed by atoms with E-state index in [1.54, 1.807) is 4.90 Å². The zero-order valence-electron chi connectivity index (χ0n) is 9.24. The second kappa shape index (κ2) is 4.81. The fourth-order valence-corrected chi connectivity index (χ4v) is 1.95. The van der Waals surface area contributed by atoms with E-state index in [0.717, 1.165) is 32.1 Å². The summed E-state index contributed by atoms with van der Waals surface area (Å²) in [4.78, 5) is 20.3. The lowest BCUT2D eigenvalue weighted by molar-refractivity contribution is 0.0719.